The fraction of sp³-hybridized carbons (Fsp3) is 0. The van der Waals surface area contributed by atoms with Gasteiger partial charge in [-0.2, -0.15) is 0 Å². The third-order valence-corrected chi connectivity index (χ3v) is 4.70. The molecule has 0 saturated heterocycles. The standard InChI is InChI=1S/C18H10N2O5S/c21-13-6-3-11-7-14(18(22)25-16(11)8-13)17-19-15(9-26-17)10-1-4-12(5-2-10)20(23)24/h1-9,21H. The molecule has 0 fully saturated rings. The zero-order valence-corrected chi connectivity index (χ0v) is 13.9. The summed E-state index contributed by atoms with van der Waals surface area (Å²) >= 11 is 1.28. The molecule has 0 atom stereocenters. The van der Waals surface area contributed by atoms with Crippen molar-refractivity contribution in [1.82, 2.24) is 4.98 Å². The number of phenolic OH excluding ortho intramolecular Hbond substituents is 1. The Morgan fingerprint density at radius 3 is 2.62 bits per heavy atom. The molecule has 0 aliphatic carbocycles. The molecule has 2 aromatic carbocycles. The molecule has 0 amide bonds. The predicted octanol–water partition coefficient (Wildman–Crippen LogP) is 4.20. The van der Waals surface area contributed by atoms with Crippen LogP contribution in [0.4, 0.5) is 5.69 Å². The molecular weight excluding hydrogens is 356 g/mol. The van der Waals surface area contributed by atoms with Gasteiger partial charge < -0.3 is 9.52 Å². The quantitative estimate of drug-likeness (QED) is 0.331. The van der Waals surface area contributed by atoms with Crippen LogP contribution < -0.4 is 5.63 Å². The molecule has 7 nitrogen and oxygen atoms in total. The van der Waals surface area contributed by atoms with Crippen LogP contribution in [0.1, 0.15) is 0 Å². The van der Waals surface area contributed by atoms with Crippen molar-refractivity contribution in [3.63, 3.8) is 0 Å². The number of nitro benzene ring substituents is 1. The minimum absolute atomic E-state index is 0.00243. The summed E-state index contributed by atoms with van der Waals surface area (Å²) in [5.41, 5.74) is 1.40. The lowest BCUT2D eigenvalue weighted by Gasteiger charge is -2.00. The number of aromatic nitrogens is 1. The summed E-state index contributed by atoms with van der Waals surface area (Å²) < 4.78 is 5.26. The van der Waals surface area contributed by atoms with Gasteiger partial charge in [-0.05, 0) is 30.3 Å². The van der Waals surface area contributed by atoms with Crippen LogP contribution in [0.5, 0.6) is 5.75 Å². The number of nitrogens with zero attached hydrogens (tertiary/aromatic N) is 2. The highest BCUT2D eigenvalue weighted by atomic mass is 32.1. The monoisotopic (exact) mass is 366 g/mol. The van der Waals surface area contributed by atoms with Crippen molar-refractivity contribution in [3.8, 4) is 27.6 Å². The number of fused-ring (bicyclic) bond motifs is 1. The molecule has 1 N–H and O–H groups in total. The van der Waals surface area contributed by atoms with Gasteiger partial charge in [0.2, 0.25) is 0 Å². The first-order valence-electron chi connectivity index (χ1n) is 7.49. The van der Waals surface area contributed by atoms with E-state index in [1.165, 1.54) is 35.6 Å². The van der Waals surface area contributed by atoms with Crippen LogP contribution in [0.25, 0.3) is 32.8 Å². The number of non-ortho nitro benzene ring substituents is 1. The van der Waals surface area contributed by atoms with Crippen LogP contribution >= 0.6 is 11.3 Å². The Labute approximate surface area is 150 Å². The van der Waals surface area contributed by atoms with Crippen molar-refractivity contribution in [1.29, 1.82) is 0 Å². The molecule has 0 aliphatic heterocycles. The van der Waals surface area contributed by atoms with Gasteiger partial charge in [-0.1, -0.05) is 0 Å². The third kappa shape index (κ3) is 2.82. The smallest absolute Gasteiger partial charge is 0.346 e. The Kier molecular flexibility index (Phi) is 3.74. The first-order chi connectivity index (χ1) is 12.5. The predicted molar refractivity (Wildman–Crippen MR) is 97.3 cm³/mol. The number of hydrogen-bond donors (Lipinski definition) is 1. The second-order valence-electron chi connectivity index (χ2n) is 5.51. The van der Waals surface area contributed by atoms with Gasteiger partial charge in [-0.15, -0.1) is 11.3 Å². The summed E-state index contributed by atoms with van der Waals surface area (Å²) in [6.07, 6.45) is 0. The van der Waals surface area contributed by atoms with Crippen molar-refractivity contribution in [3.05, 3.63) is 74.4 Å². The second-order valence-corrected chi connectivity index (χ2v) is 6.37. The molecule has 0 aliphatic rings. The maximum absolute atomic E-state index is 12.3. The highest BCUT2D eigenvalue weighted by Crippen LogP contribution is 2.30. The van der Waals surface area contributed by atoms with Gasteiger partial charge in [0.1, 0.15) is 16.3 Å². The van der Waals surface area contributed by atoms with Gasteiger partial charge in [0.05, 0.1) is 16.2 Å². The molecule has 0 bridgehead atoms. The van der Waals surface area contributed by atoms with Crippen LogP contribution in [0, 0.1) is 10.1 Å². The summed E-state index contributed by atoms with van der Waals surface area (Å²) in [6.45, 7) is 0. The zero-order valence-electron chi connectivity index (χ0n) is 13.1. The lowest BCUT2D eigenvalue weighted by atomic mass is 10.1. The minimum atomic E-state index is -0.548. The molecular formula is C18H10N2O5S. The number of benzene rings is 2. The highest BCUT2D eigenvalue weighted by Gasteiger charge is 2.14. The van der Waals surface area contributed by atoms with Crippen molar-refractivity contribution >= 4 is 28.0 Å². The first-order valence-corrected chi connectivity index (χ1v) is 8.37. The molecule has 0 unspecified atom stereocenters. The summed E-state index contributed by atoms with van der Waals surface area (Å²) in [7, 11) is 0. The molecule has 8 heteroatoms. The fourth-order valence-corrected chi connectivity index (χ4v) is 3.37. The molecule has 4 aromatic rings. The number of phenols is 1. The maximum atomic E-state index is 12.3. The highest BCUT2D eigenvalue weighted by molar-refractivity contribution is 7.13. The average molecular weight is 366 g/mol. The van der Waals surface area contributed by atoms with Gasteiger partial charge in [0.25, 0.3) is 5.69 Å². The lowest BCUT2D eigenvalue weighted by molar-refractivity contribution is -0.384. The molecule has 4 rings (SSSR count). The van der Waals surface area contributed by atoms with Crippen molar-refractivity contribution in [2.24, 2.45) is 0 Å². The molecule has 2 aromatic heterocycles. The summed E-state index contributed by atoms with van der Waals surface area (Å²) in [6, 6.07) is 12.3. The zero-order chi connectivity index (χ0) is 18.3. The maximum Gasteiger partial charge on any atom is 0.346 e. The number of aromatic hydroxyl groups is 1. The van der Waals surface area contributed by atoms with E-state index in [0.29, 0.717) is 32.8 Å². The number of rotatable bonds is 3. The number of thiazole rings is 1. The fourth-order valence-electron chi connectivity index (χ4n) is 2.53. The number of nitro groups is 1. The summed E-state index contributed by atoms with van der Waals surface area (Å²) in [5.74, 6) is 0.0168. The van der Waals surface area contributed by atoms with Gasteiger partial charge >= 0.3 is 5.63 Å². The van der Waals surface area contributed by atoms with Gasteiger partial charge in [-0.3, -0.25) is 10.1 Å². The van der Waals surface area contributed by atoms with E-state index in [1.54, 1.807) is 29.6 Å². The SMILES string of the molecule is O=c1oc2cc(O)ccc2cc1-c1nc(-c2ccc([N+](=O)[O-])cc2)cs1. The van der Waals surface area contributed by atoms with E-state index < -0.39 is 10.5 Å². The Hall–Kier alpha value is -3.52. The Morgan fingerprint density at radius 1 is 1.12 bits per heavy atom. The number of hydrogen-bond acceptors (Lipinski definition) is 7. The van der Waals surface area contributed by atoms with Crippen LogP contribution in [0.15, 0.2) is 63.1 Å². The summed E-state index contributed by atoms with van der Waals surface area (Å²) in [4.78, 5) is 27.0. The topological polar surface area (TPSA) is 106 Å². The van der Waals surface area contributed by atoms with E-state index in [1.807, 2.05) is 0 Å². The van der Waals surface area contributed by atoms with E-state index >= 15 is 0 Å². The minimum Gasteiger partial charge on any atom is -0.508 e. The van der Waals surface area contributed by atoms with E-state index in [-0.39, 0.29) is 11.4 Å². The molecule has 26 heavy (non-hydrogen) atoms. The Balaban J connectivity index is 1.75. The van der Waals surface area contributed by atoms with Crippen molar-refractivity contribution < 1.29 is 14.4 Å². The Bertz CT molecular complexity index is 1190. The lowest BCUT2D eigenvalue weighted by Crippen LogP contribution is -2.02. The van der Waals surface area contributed by atoms with Crippen LogP contribution in [-0.2, 0) is 0 Å². The van der Waals surface area contributed by atoms with Crippen molar-refractivity contribution in [2.45, 2.75) is 0 Å². The van der Waals surface area contributed by atoms with Gasteiger partial charge in [0, 0.05) is 34.5 Å². The van der Waals surface area contributed by atoms with E-state index in [2.05, 4.69) is 4.98 Å². The Morgan fingerprint density at radius 2 is 1.88 bits per heavy atom. The second kappa shape index (κ2) is 6.08. The largest absolute Gasteiger partial charge is 0.508 e. The van der Waals surface area contributed by atoms with Crippen LogP contribution in [-0.4, -0.2) is 15.0 Å². The third-order valence-electron chi connectivity index (χ3n) is 3.83. The normalized spacial score (nSPS) is 10.9. The first kappa shape index (κ1) is 16.0. The molecule has 2 heterocycles. The summed E-state index contributed by atoms with van der Waals surface area (Å²) in [5, 5.41) is 23.1. The van der Waals surface area contributed by atoms with E-state index in [4.69, 9.17) is 4.42 Å². The van der Waals surface area contributed by atoms with Crippen LogP contribution in [0.2, 0.25) is 0 Å². The van der Waals surface area contributed by atoms with Gasteiger partial charge in [0.15, 0.2) is 0 Å². The van der Waals surface area contributed by atoms with E-state index in [0.717, 1.165) is 0 Å². The average Bonchev–Trinajstić information content (AvgIpc) is 3.11. The van der Waals surface area contributed by atoms with Gasteiger partial charge in [-0.25, -0.2) is 9.78 Å². The molecule has 0 radical (unpaired) electrons. The molecule has 128 valence electrons. The van der Waals surface area contributed by atoms with Crippen LogP contribution in [0.3, 0.4) is 0 Å². The molecule has 0 saturated carbocycles. The van der Waals surface area contributed by atoms with E-state index in [9.17, 15) is 20.0 Å². The van der Waals surface area contributed by atoms with Crippen molar-refractivity contribution in [2.75, 3.05) is 0 Å². The molecule has 0 spiro atoms.